The standard InChI is InChI=1S/C37H29N3O4/c1-24-13-17-27(18-14-24)39-21-7-8-26-22-25(16-20-32(26)39)15-19-29-23-31(30-11-5-6-12-33(30)44-29)34-35(37(42)43)38-40(36(34)41)28-9-3-2-4-10-28/h2-6,9-20,22-23H,7-8,21H2,1H3,(H,42,43)/b19-15+,34-31+. The van der Waals surface area contributed by atoms with Crippen LogP contribution in [-0.4, -0.2) is 29.2 Å². The highest BCUT2D eigenvalue weighted by atomic mass is 16.5. The van der Waals surface area contributed by atoms with E-state index in [0.29, 0.717) is 28.3 Å². The van der Waals surface area contributed by atoms with Crippen LogP contribution in [0.5, 0.6) is 5.75 Å². The van der Waals surface area contributed by atoms with Gasteiger partial charge < -0.3 is 14.7 Å². The summed E-state index contributed by atoms with van der Waals surface area (Å²) in [6, 6.07) is 31.2. The molecule has 0 aromatic heterocycles. The summed E-state index contributed by atoms with van der Waals surface area (Å²) < 4.78 is 6.20. The van der Waals surface area contributed by atoms with Crippen LogP contribution >= 0.6 is 0 Å². The second-order valence-corrected chi connectivity index (χ2v) is 11.0. The summed E-state index contributed by atoms with van der Waals surface area (Å²) in [6.07, 6.45) is 7.62. The Bertz CT molecular complexity index is 1920. The highest BCUT2D eigenvalue weighted by molar-refractivity contribution is 6.54. The molecule has 3 heterocycles. The largest absolute Gasteiger partial charge is 0.476 e. The molecule has 0 saturated heterocycles. The Kier molecular flexibility index (Phi) is 6.91. The fourth-order valence-electron chi connectivity index (χ4n) is 5.87. The summed E-state index contributed by atoms with van der Waals surface area (Å²) in [6.45, 7) is 3.07. The minimum Gasteiger partial charge on any atom is -0.476 e. The number of para-hydroxylation sites is 2. The average Bonchev–Trinajstić information content (AvgIpc) is 3.40. The van der Waals surface area contributed by atoms with Crippen molar-refractivity contribution in [3.63, 3.8) is 0 Å². The molecule has 0 radical (unpaired) electrons. The number of nitrogens with zero attached hydrogens (tertiary/aromatic N) is 3. The van der Waals surface area contributed by atoms with Gasteiger partial charge >= 0.3 is 5.97 Å². The van der Waals surface area contributed by atoms with Gasteiger partial charge in [-0.3, -0.25) is 4.79 Å². The number of aryl methyl sites for hydroxylation is 2. The zero-order chi connectivity index (χ0) is 30.2. The van der Waals surface area contributed by atoms with Crippen molar-refractivity contribution in [2.45, 2.75) is 19.8 Å². The molecule has 3 aliphatic rings. The maximum absolute atomic E-state index is 13.7. The third-order valence-corrected chi connectivity index (χ3v) is 8.02. The Balaban J connectivity index is 1.24. The number of anilines is 3. The molecule has 216 valence electrons. The summed E-state index contributed by atoms with van der Waals surface area (Å²) >= 11 is 0. The van der Waals surface area contributed by atoms with Gasteiger partial charge in [0.1, 0.15) is 11.5 Å². The van der Waals surface area contributed by atoms with Crippen LogP contribution in [0.4, 0.5) is 17.1 Å². The highest BCUT2D eigenvalue weighted by Crippen LogP contribution is 2.39. The van der Waals surface area contributed by atoms with Crippen molar-refractivity contribution in [2.24, 2.45) is 5.10 Å². The van der Waals surface area contributed by atoms with E-state index in [4.69, 9.17) is 4.74 Å². The number of ether oxygens (including phenoxy) is 1. The lowest BCUT2D eigenvalue weighted by Crippen LogP contribution is -2.24. The van der Waals surface area contributed by atoms with E-state index in [-0.39, 0.29) is 11.3 Å². The molecule has 1 amide bonds. The van der Waals surface area contributed by atoms with Gasteiger partial charge in [-0.2, -0.15) is 10.1 Å². The summed E-state index contributed by atoms with van der Waals surface area (Å²) in [5.41, 5.74) is 7.24. The Morgan fingerprint density at radius 2 is 1.68 bits per heavy atom. The van der Waals surface area contributed by atoms with E-state index in [1.165, 1.54) is 22.5 Å². The lowest BCUT2D eigenvalue weighted by Gasteiger charge is -2.31. The number of allylic oxidation sites excluding steroid dienone is 3. The van der Waals surface area contributed by atoms with Crippen LogP contribution in [0.1, 0.15) is 28.7 Å². The van der Waals surface area contributed by atoms with Crippen molar-refractivity contribution in [3.05, 3.63) is 143 Å². The molecule has 0 saturated carbocycles. The summed E-state index contributed by atoms with van der Waals surface area (Å²) in [7, 11) is 0. The van der Waals surface area contributed by atoms with Gasteiger partial charge in [0, 0.05) is 29.1 Å². The molecule has 1 N–H and O–H groups in total. The zero-order valence-electron chi connectivity index (χ0n) is 24.1. The number of hydrazone groups is 1. The number of benzene rings is 4. The van der Waals surface area contributed by atoms with E-state index in [0.717, 1.165) is 30.0 Å². The first kappa shape index (κ1) is 27.2. The fraction of sp³-hybridized carbons (Fsp3) is 0.108. The molecule has 0 fully saturated rings. The molecule has 0 aliphatic carbocycles. The first-order chi connectivity index (χ1) is 21.5. The van der Waals surface area contributed by atoms with Crippen molar-refractivity contribution in [3.8, 4) is 5.75 Å². The molecule has 3 aliphatic heterocycles. The minimum atomic E-state index is -1.28. The Morgan fingerprint density at radius 3 is 2.48 bits per heavy atom. The average molecular weight is 580 g/mol. The predicted octanol–water partition coefficient (Wildman–Crippen LogP) is 7.31. The molecule has 7 nitrogen and oxygen atoms in total. The highest BCUT2D eigenvalue weighted by Gasteiger charge is 2.38. The number of aliphatic carboxylic acids is 1. The molecule has 4 aromatic rings. The minimum absolute atomic E-state index is 0.0213. The normalized spacial score (nSPS) is 17.6. The molecule has 0 bridgehead atoms. The number of carboxylic acid groups (broad SMARTS) is 1. The number of fused-ring (bicyclic) bond motifs is 2. The smallest absolute Gasteiger partial charge is 0.357 e. The van der Waals surface area contributed by atoms with Crippen molar-refractivity contribution in [1.29, 1.82) is 0 Å². The second-order valence-electron chi connectivity index (χ2n) is 11.0. The van der Waals surface area contributed by atoms with E-state index in [9.17, 15) is 14.7 Å². The van der Waals surface area contributed by atoms with E-state index in [1.54, 1.807) is 36.4 Å². The van der Waals surface area contributed by atoms with E-state index >= 15 is 0 Å². The molecule has 4 aromatic carbocycles. The summed E-state index contributed by atoms with van der Waals surface area (Å²) in [5, 5.41) is 15.4. The Hall–Kier alpha value is -5.69. The van der Waals surface area contributed by atoms with E-state index in [2.05, 4.69) is 59.4 Å². The molecular formula is C37H29N3O4. The maximum Gasteiger partial charge on any atom is 0.357 e. The zero-order valence-corrected chi connectivity index (χ0v) is 24.1. The molecule has 7 heteroatoms. The molecule has 44 heavy (non-hydrogen) atoms. The van der Waals surface area contributed by atoms with Crippen molar-refractivity contribution < 1.29 is 19.4 Å². The third-order valence-electron chi connectivity index (χ3n) is 8.02. The Labute approximate surface area is 255 Å². The quantitative estimate of drug-likeness (QED) is 0.251. The molecule has 7 rings (SSSR count). The fourth-order valence-corrected chi connectivity index (χ4v) is 5.87. The number of carbonyl (C=O) groups excluding carboxylic acids is 1. The van der Waals surface area contributed by atoms with Gasteiger partial charge in [-0.25, -0.2) is 4.79 Å². The number of carbonyl (C=O) groups is 2. The first-order valence-corrected chi connectivity index (χ1v) is 14.6. The van der Waals surface area contributed by atoms with Gasteiger partial charge in [0.15, 0.2) is 5.71 Å². The first-order valence-electron chi connectivity index (χ1n) is 14.6. The number of hydrogen-bond acceptors (Lipinski definition) is 5. The SMILES string of the molecule is Cc1ccc(N2CCCc3cc(/C=C/C4=CC(=C5\C(=O)N(c6ccccc6)N=C5C(=O)O)/c5ccccc5O4)ccc32)cc1. The van der Waals surface area contributed by atoms with Crippen molar-refractivity contribution in [2.75, 3.05) is 16.5 Å². The van der Waals surface area contributed by atoms with E-state index < -0.39 is 11.9 Å². The number of carboxylic acids is 1. The predicted molar refractivity (Wildman–Crippen MR) is 173 cm³/mol. The van der Waals surface area contributed by atoms with Gasteiger partial charge in [-0.1, -0.05) is 66.2 Å². The van der Waals surface area contributed by atoms with Gasteiger partial charge in [-0.05, 0) is 85.5 Å². The molecular weight excluding hydrogens is 550 g/mol. The van der Waals surface area contributed by atoms with Gasteiger partial charge in [0.05, 0.1) is 11.3 Å². The van der Waals surface area contributed by atoms with Crippen LogP contribution in [0, 0.1) is 6.92 Å². The summed E-state index contributed by atoms with van der Waals surface area (Å²) in [4.78, 5) is 28.4. The van der Waals surface area contributed by atoms with Crippen LogP contribution in [-0.2, 0) is 16.0 Å². The van der Waals surface area contributed by atoms with Crippen LogP contribution in [0.25, 0.3) is 11.6 Å². The Morgan fingerprint density at radius 1 is 0.909 bits per heavy atom. The van der Waals surface area contributed by atoms with Crippen LogP contribution in [0.15, 0.2) is 126 Å². The molecule has 0 atom stereocenters. The summed E-state index contributed by atoms with van der Waals surface area (Å²) in [5.74, 6) is -0.761. The topological polar surface area (TPSA) is 82.4 Å². The van der Waals surface area contributed by atoms with Gasteiger partial charge in [0.2, 0.25) is 0 Å². The lowest BCUT2D eigenvalue weighted by molar-refractivity contribution is -0.129. The van der Waals surface area contributed by atoms with Crippen LogP contribution in [0.2, 0.25) is 0 Å². The van der Waals surface area contributed by atoms with Crippen molar-refractivity contribution >= 4 is 46.3 Å². The monoisotopic (exact) mass is 579 g/mol. The van der Waals surface area contributed by atoms with Gasteiger partial charge in [-0.15, -0.1) is 0 Å². The number of hydrogen-bond donors (Lipinski definition) is 1. The van der Waals surface area contributed by atoms with Crippen LogP contribution < -0.4 is 14.6 Å². The number of rotatable bonds is 5. The second kappa shape index (κ2) is 11.2. The van der Waals surface area contributed by atoms with Crippen LogP contribution in [0.3, 0.4) is 0 Å². The lowest BCUT2D eigenvalue weighted by atomic mass is 9.93. The van der Waals surface area contributed by atoms with Gasteiger partial charge in [0.25, 0.3) is 5.91 Å². The molecule has 0 unspecified atom stereocenters. The number of amides is 1. The third kappa shape index (κ3) is 4.98. The maximum atomic E-state index is 13.7. The molecule has 0 spiro atoms. The van der Waals surface area contributed by atoms with Crippen molar-refractivity contribution in [1.82, 2.24) is 0 Å². The van der Waals surface area contributed by atoms with E-state index in [1.807, 2.05) is 36.4 Å².